The molecule has 0 aromatic carbocycles. The summed E-state index contributed by atoms with van der Waals surface area (Å²) in [5.74, 6) is 0. The lowest BCUT2D eigenvalue weighted by atomic mass is 10.2. The molecular formula is C7H14Cl2O. The predicted molar refractivity (Wildman–Crippen MR) is 45.6 cm³/mol. The molecule has 0 unspecified atom stereocenters. The monoisotopic (exact) mass is 184 g/mol. The van der Waals surface area contributed by atoms with Gasteiger partial charge in [-0.3, -0.25) is 0 Å². The van der Waals surface area contributed by atoms with Crippen molar-refractivity contribution >= 4 is 23.2 Å². The first kappa shape index (κ1) is 10.5. The van der Waals surface area contributed by atoms with Crippen LogP contribution in [0.15, 0.2) is 0 Å². The third kappa shape index (κ3) is 5.33. The van der Waals surface area contributed by atoms with Crippen LogP contribution in [0.4, 0.5) is 0 Å². The maximum absolute atomic E-state index is 5.75. The second kappa shape index (κ2) is 3.29. The van der Waals surface area contributed by atoms with Crippen molar-refractivity contribution in [2.75, 3.05) is 0 Å². The molecule has 0 spiro atoms. The molecule has 0 aliphatic carbocycles. The fourth-order valence-corrected chi connectivity index (χ4v) is 0.983. The van der Waals surface area contributed by atoms with E-state index >= 15 is 0 Å². The second-order valence-corrected chi connectivity index (χ2v) is 4.62. The van der Waals surface area contributed by atoms with E-state index in [-0.39, 0.29) is 5.60 Å². The van der Waals surface area contributed by atoms with Crippen molar-refractivity contribution in [3.63, 3.8) is 0 Å². The summed E-state index contributed by atoms with van der Waals surface area (Å²) < 4.78 is 4.28. The Bertz CT molecular complexity index is 105. The Labute approximate surface area is 72.6 Å². The zero-order chi connectivity index (χ0) is 8.41. The number of alkyl halides is 2. The smallest absolute Gasteiger partial charge is 0.217 e. The van der Waals surface area contributed by atoms with Gasteiger partial charge < -0.3 is 4.74 Å². The maximum Gasteiger partial charge on any atom is 0.217 e. The summed E-state index contributed by atoms with van der Waals surface area (Å²) >= 11 is 11.5. The van der Waals surface area contributed by atoms with Gasteiger partial charge in [-0.1, -0.05) is 30.1 Å². The van der Waals surface area contributed by atoms with E-state index in [2.05, 4.69) is 0 Å². The van der Waals surface area contributed by atoms with Gasteiger partial charge in [-0.15, -0.1) is 0 Å². The molecule has 0 aliphatic heterocycles. The molecule has 0 atom stereocenters. The van der Waals surface area contributed by atoms with E-state index in [9.17, 15) is 0 Å². The molecule has 0 fully saturated rings. The van der Waals surface area contributed by atoms with Crippen molar-refractivity contribution in [3.8, 4) is 0 Å². The van der Waals surface area contributed by atoms with Crippen molar-refractivity contribution < 1.29 is 4.74 Å². The van der Waals surface area contributed by atoms with Gasteiger partial charge in [0.2, 0.25) is 4.52 Å². The molecule has 62 valence electrons. The summed E-state index contributed by atoms with van der Waals surface area (Å²) in [6.45, 7) is 7.64. The van der Waals surface area contributed by atoms with E-state index in [1.807, 2.05) is 27.7 Å². The van der Waals surface area contributed by atoms with Gasteiger partial charge in [0.15, 0.2) is 0 Å². The van der Waals surface area contributed by atoms with Crippen molar-refractivity contribution in [1.82, 2.24) is 0 Å². The minimum absolute atomic E-state index is 0.278. The molecule has 0 saturated carbocycles. The fraction of sp³-hybridized carbons (Fsp3) is 1.00. The first-order chi connectivity index (χ1) is 4.27. The van der Waals surface area contributed by atoms with E-state index in [1.165, 1.54) is 0 Å². The molecule has 0 amide bonds. The first-order valence-electron chi connectivity index (χ1n) is 3.35. The van der Waals surface area contributed by atoms with Crippen LogP contribution < -0.4 is 0 Å². The molecule has 10 heavy (non-hydrogen) atoms. The van der Waals surface area contributed by atoms with Gasteiger partial charge in [-0.25, -0.2) is 0 Å². The van der Waals surface area contributed by atoms with E-state index in [0.717, 1.165) is 0 Å². The second-order valence-electron chi connectivity index (χ2n) is 3.21. The Balaban J connectivity index is 3.89. The zero-order valence-corrected chi connectivity index (χ0v) is 8.38. The third-order valence-electron chi connectivity index (χ3n) is 0.867. The number of hydrogen-bond donors (Lipinski definition) is 0. The maximum atomic E-state index is 5.75. The average Bonchev–Trinajstić information content (AvgIpc) is 1.60. The van der Waals surface area contributed by atoms with Crippen LogP contribution in [-0.2, 0) is 4.74 Å². The minimum Gasteiger partial charge on any atom is -0.341 e. The normalized spacial score (nSPS) is 13.8. The molecular weight excluding hydrogens is 171 g/mol. The van der Waals surface area contributed by atoms with Gasteiger partial charge in [0.1, 0.15) is 0 Å². The average molecular weight is 185 g/mol. The van der Waals surface area contributed by atoms with Crippen LogP contribution >= 0.6 is 23.2 Å². The predicted octanol–water partition coefficient (Wildman–Crippen LogP) is 3.34. The van der Waals surface area contributed by atoms with E-state index in [0.29, 0.717) is 6.42 Å². The third-order valence-corrected chi connectivity index (χ3v) is 1.56. The Morgan fingerprint density at radius 3 is 1.70 bits per heavy atom. The Morgan fingerprint density at radius 2 is 1.60 bits per heavy atom. The number of hydrogen-bond acceptors (Lipinski definition) is 1. The molecule has 0 aromatic heterocycles. The highest BCUT2D eigenvalue weighted by Gasteiger charge is 2.28. The lowest BCUT2D eigenvalue weighted by Gasteiger charge is -2.28. The quantitative estimate of drug-likeness (QED) is 0.599. The van der Waals surface area contributed by atoms with Crippen LogP contribution in [0.5, 0.6) is 0 Å². The summed E-state index contributed by atoms with van der Waals surface area (Å²) in [6.07, 6.45) is 0.591. The minimum atomic E-state index is -1.03. The van der Waals surface area contributed by atoms with Gasteiger partial charge in [0.25, 0.3) is 0 Å². The SMILES string of the molecule is CCC(Cl)(Cl)OC(C)(C)C. The fourth-order valence-electron chi connectivity index (χ4n) is 0.520. The molecule has 0 bridgehead atoms. The van der Waals surface area contributed by atoms with Crippen LogP contribution in [0.1, 0.15) is 34.1 Å². The van der Waals surface area contributed by atoms with Crippen LogP contribution in [0.3, 0.4) is 0 Å². The van der Waals surface area contributed by atoms with E-state index < -0.39 is 4.52 Å². The summed E-state index contributed by atoms with van der Waals surface area (Å²) in [4.78, 5) is 0. The zero-order valence-electron chi connectivity index (χ0n) is 6.87. The topological polar surface area (TPSA) is 9.23 Å². The lowest BCUT2D eigenvalue weighted by molar-refractivity contribution is -0.0449. The summed E-state index contributed by atoms with van der Waals surface area (Å²) in [6, 6.07) is 0. The Morgan fingerprint density at radius 1 is 1.20 bits per heavy atom. The molecule has 1 nitrogen and oxygen atoms in total. The molecule has 0 radical (unpaired) electrons. The molecule has 0 heterocycles. The molecule has 0 aromatic rings. The van der Waals surface area contributed by atoms with Crippen LogP contribution in [0.25, 0.3) is 0 Å². The highest BCUT2D eigenvalue weighted by Crippen LogP contribution is 2.31. The lowest BCUT2D eigenvalue weighted by Crippen LogP contribution is -2.30. The van der Waals surface area contributed by atoms with Gasteiger partial charge in [0, 0.05) is 6.42 Å². The summed E-state index contributed by atoms with van der Waals surface area (Å²) in [7, 11) is 0. The van der Waals surface area contributed by atoms with Crippen molar-refractivity contribution in [1.29, 1.82) is 0 Å². The van der Waals surface area contributed by atoms with Crippen molar-refractivity contribution in [3.05, 3.63) is 0 Å². The highest BCUT2D eigenvalue weighted by molar-refractivity contribution is 6.47. The summed E-state index contributed by atoms with van der Waals surface area (Å²) in [5, 5.41) is 0. The Kier molecular flexibility index (Phi) is 3.47. The van der Waals surface area contributed by atoms with Gasteiger partial charge in [-0.05, 0) is 20.8 Å². The number of halogens is 2. The molecule has 0 aliphatic rings. The number of ether oxygens (including phenoxy) is 1. The van der Waals surface area contributed by atoms with Gasteiger partial charge in [-0.2, -0.15) is 0 Å². The largest absolute Gasteiger partial charge is 0.341 e. The van der Waals surface area contributed by atoms with Crippen LogP contribution in [-0.4, -0.2) is 10.1 Å². The highest BCUT2D eigenvalue weighted by atomic mass is 35.5. The molecule has 3 heteroatoms. The van der Waals surface area contributed by atoms with Crippen LogP contribution in [0, 0.1) is 0 Å². The van der Waals surface area contributed by atoms with Gasteiger partial charge >= 0.3 is 0 Å². The van der Waals surface area contributed by atoms with Crippen molar-refractivity contribution in [2.45, 2.75) is 44.2 Å². The van der Waals surface area contributed by atoms with Crippen molar-refractivity contribution in [2.24, 2.45) is 0 Å². The van der Waals surface area contributed by atoms with Crippen LogP contribution in [0.2, 0.25) is 0 Å². The van der Waals surface area contributed by atoms with Gasteiger partial charge in [0.05, 0.1) is 5.60 Å². The Hall–Kier alpha value is 0.540. The molecule has 0 saturated heterocycles. The van der Waals surface area contributed by atoms with E-state index in [1.54, 1.807) is 0 Å². The molecule has 0 N–H and O–H groups in total. The standard InChI is InChI=1S/C7H14Cl2O/c1-5-7(8,9)10-6(2,3)4/h5H2,1-4H3. The first-order valence-corrected chi connectivity index (χ1v) is 4.10. The molecule has 0 rings (SSSR count). The van der Waals surface area contributed by atoms with E-state index in [4.69, 9.17) is 27.9 Å². The summed E-state index contributed by atoms with van der Waals surface area (Å²) in [5.41, 5.74) is -0.278. The number of rotatable bonds is 2.